The monoisotopic (exact) mass is 584 g/mol. The van der Waals surface area contributed by atoms with E-state index < -0.39 is 17.4 Å². The van der Waals surface area contributed by atoms with Gasteiger partial charge in [-0.2, -0.15) is 0 Å². The molecule has 0 aromatic heterocycles. The molecule has 0 aliphatic heterocycles. The lowest BCUT2D eigenvalue weighted by atomic mass is 9.70. The molecule has 0 aliphatic carbocycles. The average molecular weight is 585 g/mol. The summed E-state index contributed by atoms with van der Waals surface area (Å²) in [5, 5.41) is 0. The fraction of sp³-hybridized carbons (Fsp3) is 0.613. The van der Waals surface area contributed by atoms with E-state index in [9.17, 15) is 18.2 Å². The SMILES string of the molecule is Cc1cc(Cc2cc(C)cc(C(C)(C)CC(C)(C)C)c2OP(O)F)c(OP(O)F)c(C(C)(C)CC(C)(C)C)c1. The molecule has 0 amide bonds. The maximum Gasteiger partial charge on any atom is 0.436 e. The van der Waals surface area contributed by atoms with Gasteiger partial charge in [-0.15, -0.1) is 8.39 Å². The van der Waals surface area contributed by atoms with Crippen molar-refractivity contribution in [1.82, 2.24) is 0 Å². The molecule has 2 rings (SSSR count). The summed E-state index contributed by atoms with van der Waals surface area (Å²) in [5.41, 5.74) is 4.11. The van der Waals surface area contributed by atoms with E-state index in [1.54, 1.807) is 0 Å². The highest BCUT2D eigenvalue weighted by atomic mass is 31.2. The highest BCUT2D eigenvalue weighted by Gasteiger charge is 2.34. The molecule has 0 saturated heterocycles. The number of halogens is 2. The van der Waals surface area contributed by atoms with E-state index in [0.717, 1.165) is 35.1 Å². The van der Waals surface area contributed by atoms with Crippen LogP contribution < -0.4 is 9.05 Å². The van der Waals surface area contributed by atoms with Crippen LogP contribution in [0.2, 0.25) is 0 Å². The van der Waals surface area contributed by atoms with Gasteiger partial charge in [0, 0.05) is 17.5 Å². The van der Waals surface area contributed by atoms with Crippen LogP contribution in [-0.2, 0) is 17.3 Å². The van der Waals surface area contributed by atoms with Crippen molar-refractivity contribution in [3.63, 3.8) is 0 Å². The first-order valence-corrected chi connectivity index (χ1v) is 15.6. The zero-order valence-corrected chi connectivity index (χ0v) is 27.6. The summed E-state index contributed by atoms with van der Waals surface area (Å²) < 4.78 is 39.2. The van der Waals surface area contributed by atoms with Gasteiger partial charge in [-0.3, -0.25) is 0 Å². The molecule has 2 unspecified atom stereocenters. The summed E-state index contributed by atoms with van der Waals surface area (Å²) in [5.74, 6) is 0.612. The molecular formula is C31H48F2O4P2. The van der Waals surface area contributed by atoms with Crippen LogP contribution in [0.1, 0.15) is 115 Å². The van der Waals surface area contributed by atoms with Gasteiger partial charge in [0.25, 0.3) is 0 Å². The molecule has 2 atom stereocenters. The lowest BCUT2D eigenvalue weighted by molar-refractivity contribution is 0.279. The summed E-state index contributed by atoms with van der Waals surface area (Å²) in [6.45, 7) is 25.3. The van der Waals surface area contributed by atoms with Gasteiger partial charge in [0.15, 0.2) is 0 Å². The Hall–Kier alpha value is -1.32. The van der Waals surface area contributed by atoms with E-state index in [1.807, 2.05) is 38.1 Å². The van der Waals surface area contributed by atoms with Crippen molar-refractivity contribution in [2.45, 2.75) is 113 Å². The minimum atomic E-state index is -3.17. The summed E-state index contributed by atoms with van der Waals surface area (Å²) >= 11 is 0. The molecule has 0 bridgehead atoms. The normalized spacial score (nSPS) is 14.8. The minimum absolute atomic E-state index is 0.00510. The molecule has 220 valence electrons. The first-order chi connectivity index (χ1) is 17.5. The second-order valence-electron chi connectivity index (χ2n) is 14.7. The third kappa shape index (κ3) is 9.92. The Bertz CT molecular complexity index is 1060. The van der Waals surface area contributed by atoms with Crippen LogP contribution in [0.3, 0.4) is 0 Å². The standard InChI is InChI=1S/C31H48F2O4P2/c1-20-13-22(26(36-38(32)34)24(15-20)30(9,10)18-28(3,4)5)17-23-14-21(2)16-25(27(23)37-39(33)35)31(11,12)19-29(6,7)8/h13-16,34-35H,17-19H2,1-12H3. The van der Waals surface area contributed by atoms with Gasteiger partial charge in [-0.1, -0.05) is 105 Å². The van der Waals surface area contributed by atoms with Gasteiger partial charge >= 0.3 is 17.4 Å². The molecule has 0 saturated carbocycles. The Morgan fingerprint density at radius 1 is 0.615 bits per heavy atom. The van der Waals surface area contributed by atoms with Crippen molar-refractivity contribution in [1.29, 1.82) is 0 Å². The zero-order valence-electron chi connectivity index (χ0n) is 25.8. The van der Waals surface area contributed by atoms with Crippen LogP contribution in [0.15, 0.2) is 24.3 Å². The Morgan fingerprint density at radius 2 is 0.923 bits per heavy atom. The van der Waals surface area contributed by atoms with Crippen molar-refractivity contribution in [2.75, 3.05) is 0 Å². The van der Waals surface area contributed by atoms with Crippen LogP contribution >= 0.6 is 17.4 Å². The van der Waals surface area contributed by atoms with Crippen molar-refractivity contribution in [3.8, 4) is 11.5 Å². The first kappa shape index (κ1) is 33.9. The zero-order chi connectivity index (χ0) is 30.1. The summed E-state index contributed by atoms with van der Waals surface area (Å²) in [4.78, 5) is 19.5. The molecule has 0 radical (unpaired) electrons. The number of aryl methyl sites for hydroxylation is 2. The average Bonchev–Trinajstić information content (AvgIpc) is 2.67. The summed E-state index contributed by atoms with van der Waals surface area (Å²) in [6, 6.07) is 7.80. The van der Waals surface area contributed by atoms with Gasteiger partial charge in [-0.05, 0) is 59.5 Å². The maximum atomic E-state index is 14.1. The van der Waals surface area contributed by atoms with Crippen molar-refractivity contribution >= 4 is 17.4 Å². The predicted octanol–water partition coefficient (Wildman–Crippen LogP) is 10.5. The Morgan fingerprint density at radius 3 is 1.18 bits per heavy atom. The molecule has 8 heteroatoms. The van der Waals surface area contributed by atoms with Crippen LogP contribution in [-0.4, -0.2) is 9.79 Å². The van der Waals surface area contributed by atoms with E-state index in [0.29, 0.717) is 22.6 Å². The third-order valence-corrected chi connectivity index (χ3v) is 7.40. The molecule has 2 aromatic carbocycles. The van der Waals surface area contributed by atoms with E-state index in [-0.39, 0.29) is 28.1 Å². The quantitative estimate of drug-likeness (QED) is 0.273. The Labute approximate surface area is 237 Å². The van der Waals surface area contributed by atoms with Crippen molar-refractivity contribution < 1.29 is 27.2 Å². The van der Waals surface area contributed by atoms with E-state index in [1.165, 1.54) is 0 Å². The number of hydrogen-bond donors (Lipinski definition) is 2. The minimum Gasteiger partial charge on any atom is -0.423 e. The van der Waals surface area contributed by atoms with E-state index in [2.05, 4.69) is 69.2 Å². The van der Waals surface area contributed by atoms with Crippen molar-refractivity contribution in [2.24, 2.45) is 10.8 Å². The molecule has 2 aromatic rings. The topological polar surface area (TPSA) is 58.9 Å². The van der Waals surface area contributed by atoms with Gasteiger partial charge < -0.3 is 18.8 Å². The third-order valence-electron chi connectivity index (χ3n) is 6.74. The highest BCUT2D eigenvalue weighted by Crippen LogP contribution is 2.50. The molecular weight excluding hydrogens is 536 g/mol. The van der Waals surface area contributed by atoms with Gasteiger partial charge in [-0.25, -0.2) is 0 Å². The van der Waals surface area contributed by atoms with Crippen LogP contribution in [0.25, 0.3) is 0 Å². The van der Waals surface area contributed by atoms with E-state index in [4.69, 9.17) is 9.05 Å². The maximum absolute atomic E-state index is 14.1. The van der Waals surface area contributed by atoms with Gasteiger partial charge in [0.2, 0.25) is 0 Å². The molecule has 2 N–H and O–H groups in total. The molecule has 0 fully saturated rings. The predicted molar refractivity (Wildman–Crippen MR) is 161 cm³/mol. The smallest absolute Gasteiger partial charge is 0.423 e. The van der Waals surface area contributed by atoms with Crippen LogP contribution in [0, 0.1) is 24.7 Å². The summed E-state index contributed by atoms with van der Waals surface area (Å²) in [7, 11) is -6.34. The fourth-order valence-electron chi connectivity index (χ4n) is 6.38. The van der Waals surface area contributed by atoms with Gasteiger partial charge in [0.1, 0.15) is 11.5 Å². The number of rotatable bonds is 10. The van der Waals surface area contributed by atoms with Crippen LogP contribution in [0.5, 0.6) is 11.5 Å². The second kappa shape index (κ2) is 12.3. The first-order valence-electron chi connectivity index (χ1n) is 13.4. The fourth-order valence-corrected chi connectivity index (χ4v) is 7.11. The largest absolute Gasteiger partial charge is 0.436 e. The van der Waals surface area contributed by atoms with Crippen molar-refractivity contribution in [3.05, 3.63) is 57.6 Å². The summed E-state index contributed by atoms with van der Waals surface area (Å²) in [6.07, 6.45) is 1.85. The molecule has 0 spiro atoms. The van der Waals surface area contributed by atoms with E-state index >= 15 is 0 Å². The number of hydrogen-bond acceptors (Lipinski definition) is 4. The molecule has 0 aliphatic rings. The van der Waals surface area contributed by atoms with Gasteiger partial charge in [0.05, 0.1) is 0 Å². The Kier molecular flexibility index (Phi) is 10.7. The lowest BCUT2D eigenvalue weighted by Crippen LogP contribution is -2.26. The van der Waals surface area contributed by atoms with Crippen LogP contribution in [0.4, 0.5) is 8.39 Å². The second-order valence-corrected chi connectivity index (χ2v) is 15.9. The number of benzene rings is 2. The highest BCUT2D eigenvalue weighted by molar-refractivity contribution is 7.40. The molecule has 0 heterocycles. The molecule has 39 heavy (non-hydrogen) atoms. The molecule has 4 nitrogen and oxygen atoms in total. The lowest BCUT2D eigenvalue weighted by Gasteiger charge is -2.35. The Balaban J connectivity index is 2.82.